The van der Waals surface area contributed by atoms with Gasteiger partial charge in [-0.3, -0.25) is 4.79 Å². The van der Waals surface area contributed by atoms with E-state index in [0.717, 1.165) is 0 Å². The minimum atomic E-state index is -5.15. The van der Waals surface area contributed by atoms with Gasteiger partial charge in [-0.05, 0) is 42.5 Å². The van der Waals surface area contributed by atoms with Gasteiger partial charge in [0.25, 0.3) is 0 Å². The standard InChI is InChI=1S/C26H27N2O9P/c1-33-16-7-8-17-18(13-16)27-24(14-6-9-20(34-2)19(10-14)28-38(30,31)32)23(17)25(29)15-11-21(35-3)26(37-5)22(12-15)36-4/h6-13,27H,1-5H3,(H3,28,30,31,32)/p-2. The molecule has 3 aromatic carbocycles. The minimum absolute atomic E-state index is 0.0687. The van der Waals surface area contributed by atoms with Crippen molar-refractivity contribution in [1.29, 1.82) is 0 Å². The first kappa shape index (κ1) is 26.9. The maximum Gasteiger partial charge on any atom is 0.203 e. The molecular weight excluding hydrogens is 515 g/mol. The highest BCUT2D eigenvalue weighted by molar-refractivity contribution is 7.50. The Morgan fingerprint density at radius 2 is 1.47 bits per heavy atom. The van der Waals surface area contributed by atoms with Gasteiger partial charge in [0.05, 0.1) is 58.0 Å². The zero-order valence-corrected chi connectivity index (χ0v) is 22.1. The number of hydrogen-bond donors (Lipinski definition) is 2. The molecule has 0 aliphatic rings. The highest BCUT2D eigenvalue weighted by Gasteiger charge is 2.25. The molecule has 4 rings (SSSR count). The molecule has 2 N–H and O–H groups in total. The fraction of sp³-hybridized carbons (Fsp3) is 0.192. The van der Waals surface area contributed by atoms with Crippen LogP contribution in [0.15, 0.2) is 48.5 Å². The Kier molecular flexibility index (Phi) is 7.54. The number of fused-ring (bicyclic) bond motifs is 1. The molecule has 0 atom stereocenters. The normalized spacial score (nSPS) is 11.2. The molecule has 0 aliphatic heterocycles. The lowest BCUT2D eigenvalue weighted by atomic mass is 9.96. The van der Waals surface area contributed by atoms with E-state index >= 15 is 0 Å². The van der Waals surface area contributed by atoms with Gasteiger partial charge in [-0.15, -0.1) is 0 Å². The largest absolute Gasteiger partial charge is 0.795 e. The van der Waals surface area contributed by atoms with Gasteiger partial charge in [0.2, 0.25) is 5.75 Å². The molecule has 0 saturated carbocycles. The Balaban J connectivity index is 1.97. The van der Waals surface area contributed by atoms with E-state index in [9.17, 15) is 19.1 Å². The first-order chi connectivity index (χ1) is 18.1. The summed E-state index contributed by atoms with van der Waals surface area (Å²) < 4.78 is 38.2. The number of anilines is 1. The van der Waals surface area contributed by atoms with Gasteiger partial charge in [-0.1, -0.05) is 0 Å². The van der Waals surface area contributed by atoms with Gasteiger partial charge in [-0.25, -0.2) is 0 Å². The number of methoxy groups -OCH3 is 5. The summed E-state index contributed by atoms with van der Waals surface area (Å²) in [4.78, 5) is 40.2. The monoisotopic (exact) mass is 540 g/mol. The zero-order valence-electron chi connectivity index (χ0n) is 21.2. The van der Waals surface area contributed by atoms with E-state index < -0.39 is 7.75 Å². The lowest BCUT2D eigenvalue weighted by Crippen LogP contribution is -2.20. The third-order valence-electron chi connectivity index (χ3n) is 5.91. The molecule has 0 spiro atoms. The predicted molar refractivity (Wildman–Crippen MR) is 138 cm³/mol. The molecule has 12 heteroatoms. The molecule has 0 unspecified atom stereocenters. The van der Waals surface area contributed by atoms with Gasteiger partial charge >= 0.3 is 0 Å². The lowest BCUT2D eigenvalue weighted by Gasteiger charge is -2.31. The highest BCUT2D eigenvalue weighted by atomic mass is 31.2. The van der Waals surface area contributed by atoms with E-state index in [1.165, 1.54) is 47.7 Å². The van der Waals surface area contributed by atoms with Crippen molar-refractivity contribution in [2.45, 2.75) is 0 Å². The molecule has 1 aromatic heterocycles. The smallest absolute Gasteiger partial charge is 0.203 e. The summed E-state index contributed by atoms with van der Waals surface area (Å²) in [7, 11) is 2.09. The summed E-state index contributed by atoms with van der Waals surface area (Å²) in [5, 5.41) is 2.53. The summed E-state index contributed by atoms with van der Waals surface area (Å²) in [6.07, 6.45) is 0. The van der Waals surface area contributed by atoms with Crippen molar-refractivity contribution >= 4 is 30.1 Å². The van der Waals surface area contributed by atoms with Crippen molar-refractivity contribution in [3.05, 3.63) is 59.7 Å². The van der Waals surface area contributed by atoms with Crippen LogP contribution in [0.25, 0.3) is 22.2 Å². The Morgan fingerprint density at radius 1 is 0.816 bits per heavy atom. The molecule has 0 fully saturated rings. The van der Waals surface area contributed by atoms with Crippen LogP contribution in [-0.2, 0) is 4.57 Å². The number of nitrogens with one attached hydrogen (secondary N) is 2. The van der Waals surface area contributed by atoms with Crippen molar-refractivity contribution in [2.24, 2.45) is 0 Å². The fourth-order valence-electron chi connectivity index (χ4n) is 4.21. The van der Waals surface area contributed by atoms with Crippen LogP contribution in [0.1, 0.15) is 15.9 Å². The van der Waals surface area contributed by atoms with E-state index in [0.29, 0.717) is 50.7 Å². The number of benzene rings is 3. The van der Waals surface area contributed by atoms with Gasteiger partial charge in [-0.2, -0.15) is 0 Å². The second-order valence-electron chi connectivity index (χ2n) is 8.05. The third-order valence-corrected chi connectivity index (χ3v) is 6.42. The molecule has 0 amide bonds. The molecule has 0 bridgehead atoms. The van der Waals surface area contributed by atoms with Crippen molar-refractivity contribution in [2.75, 3.05) is 40.6 Å². The first-order valence-corrected chi connectivity index (χ1v) is 12.7. The van der Waals surface area contributed by atoms with Crippen LogP contribution in [0.4, 0.5) is 5.69 Å². The fourth-order valence-corrected chi connectivity index (χ4v) is 4.68. The molecule has 1 heterocycles. The Labute approximate surface area is 218 Å². The molecule has 4 aromatic rings. The minimum Gasteiger partial charge on any atom is -0.795 e. The number of carbonyl (C=O) groups excluding carboxylic acids is 1. The van der Waals surface area contributed by atoms with Crippen molar-refractivity contribution in [3.8, 4) is 40.0 Å². The topological polar surface area (TPSA) is 154 Å². The van der Waals surface area contributed by atoms with E-state index in [1.807, 2.05) is 5.09 Å². The van der Waals surface area contributed by atoms with Crippen LogP contribution < -0.4 is 38.6 Å². The van der Waals surface area contributed by atoms with Crippen LogP contribution in [0, 0.1) is 0 Å². The van der Waals surface area contributed by atoms with Gasteiger partial charge in [0.15, 0.2) is 17.3 Å². The van der Waals surface area contributed by atoms with Crippen molar-refractivity contribution in [3.63, 3.8) is 0 Å². The number of carbonyl (C=O) groups is 1. The average molecular weight is 540 g/mol. The van der Waals surface area contributed by atoms with E-state index in [2.05, 4.69) is 4.98 Å². The van der Waals surface area contributed by atoms with E-state index in [4.69, 9.17) is 23.7 Å². The van der Waals surface area contributed by atoms with E-state index in [1.54, 1.807) is 36.4 Å². The maximum absolute atomic E-state index is 14.1. The number of ketones is 1. The maximum atomic E-state index is 14.1. The predicted octanol–water partition coefficient (Wildman–Crippen LogP) is 3.35. The van der Waals surface area contributed by atoms with E-state index in [-0.39, 0.29) is 22.8 Å². The summed E-state index contributed by atoms with van der Waals surface area (Å²) >= 11 is 0. The second-order valence-corrected chi connectivity index (χ2v) is 9.27. The molecule has 200 valence electrons. The number of aromatic amines is 1. The first-order valence-electron chi connectivity index (χ1n) is 11.2. The number of aromatic nitrogens is 1. The lowest BCUT2D eigenvalue weighted by molar-refractivity contribution is -0.311. The Morgan fingerprint density at radius 3 is 2.03 bits per heavy atom. The molecule has 0 aliphatic carbocycles. The Hall–Kier alpha value is -4.18. The van der Waals surface area contributed by atoms with Crippen LogP contribution in [0.5, 0.6) is 28.7 Å². The molecular formula is C26H25N2O9P-2. The SMILES string of the molecule is COc1ccc2c(C(=O)c3cc(OC)c(OC)c(OC)c3)c(-c3ccc(OC)c(NP(=O)([O-])[O-])c3)[nH]c2c1. The summed E-state index contributed by atoms with van der Waals surface area (Å²) in [6, 6.07) is 12.8. The van der Waals surface area contributed by atoms with Crippen LogP contribution in [0.2, 0.25) is 0 Å². The number of ether oxygens (including phenoxy) is 5. The Bertz CT molecular complexity index is 1530. The molecule has 0 saturated heterocycles. The van der Waals surface area contributed by atoms with Crippen molar-refractivity contribution in [1.82, 2.24) is 4.98 Å². The van der Waals surface area contributed by atoms with Crippen LogP contribution >= 0.6 is 7.75 Å². The van der Waals surface area contributed by atoms with Gasteiger partial charge < -0.3 is 48.1 Å². The molecule has 38 heavy (non-hydrogen) atoms. The highest BCUT2D eigenvalue weighted by Crippen LogP contribution is 2.42. The quantitative estimate of drug-likeness (QED) is 0.226. The van der Waals surface area contributed by atoms with Crippen LogP contribution in [-0.4, -0.2) is 46.3 Å². The summed E-state index contributed by atoms with van der Waals surface area (Å²) in [5.74, 6) is 1.26. The summed E-state index contributed by atoms with van der Waals surface area (Å²) in [5.41, 5.74) is 1.88. The second kappa shape index (κ2) is 10.7. The third kappa shape index (κ3) is 5.12. The molecule has 11 nitrogen and oxygen atoms in total. The van der Waals surface area contributed by atoms with Crippen molar-refractivity contribution < 1.29 is 42.8 Å². The molecule has 0 radical (unpaired) electrons. The summed E-state index contributed by atoms with van der Waals surface area (Å²) in [6.45, 7) is 0. The number of rotatable bonds is 10. The number of hydrogen-bond acceptors (Lipinski definition) is 9. The number of H-pyrrole nitrogens is 1. The van der Waals surface area contributed by atoms with Gasteiger partial charge in [0, 0.05) is 30.3 Å². The van der Waals surface area contributed by atoms with Gasteiger partial charge in [0.1, 0.15) is 11.5 Å². The van der Waals surface area contributed by atoms with Crippen LogP contribution in [0.3, 0.4) is 0 Å². The average Bonchev–Trinajstić information content (AvgIpc) is 3.29. The zero-order chi connectivity index (χ0) is 27.6.